The highest BCUT2D eigenvalue weighted by atomic mass is 32.2. The zero-order valence-electron chi connectivity index (χ0n) is 24.5. The first kappa shape index (κ1) is 29.3. The number of piperazine rings is 1. The lowest BCUT2D eigenvalue weighted by atomic mass is 9.95. The number of amides is 2. The number of aromatic nitrogens is 3. The predicted octanol–water partition coefficient (Wildman–Crippen LogP) is 1.85. The molecule has 0 aliphatic carbocycles. The average Bonchev–Trinajstić information content (AvgIpc) is 3.36. The van der Waals surface area contributed by atoms with Crippen LogP contribution in [0.4, 0.5) is 5.82 Å². The lowest BCUT2D eigenvalue weighted by molar-refractivity contribution is -0.120. The molecule has 5 rings (SSSR count). The molecule has 2 saturated heterocycles. The van der Waals surface area contributed by atoms with E-state index in [2.05, 4.69) is 25.2 Å². The molecule has 0 radical (unpaired) electrons. The fraction of sp³-hybridized carbons (Fsp3) is 0.607. The lowest BCUT2D eigenvalue weighted by Gasteiger charge is -2.42. The summed E-state index contributed by atoms with van der Waals surface area (Å²) in [7, 11) is -3.15. The predicted molar refractivity (Wildman–Crippen MR) is 159 cm³/mol. The van der Waals surface area contributed by atoms with Gasteiger partial charge >= 0.3 is 0 Å². The van der Waals surface area contributed by atoms with Crippen LogP contribution in [0.5, 0.6) is 0 Å². The molecule has 0 bridgehead atoms. The highest BCUT2D eigenvalue weighted by Gasteiger charge is 2.31. The van der Waals surface area contributed by atoms with E-state index in [1.165, 1.54) is 6.26 Å². The van der Waals surface area contributed by atoms with Crippen LogP contribution in [0.15, 0.2) is 28.9 Å². The smallest absolute Gasteiger partial charge is 0.254 e. The standard InChI is InChI=1S/C28H40N8O4S/c1-18(2)36-26-24(17-30-36)22(27(37)29-16-23-19(3)14-20(4)31-28(23)38)15-25(32-26)34-8-6-21(7-9-34)33-10-12-35(13-11-33)41(5,39)40/h14-15,17-18,21,23H,6-13,16H2,1-5H3,(H,29,37). The Bertz CT molecular complexity index is 1500. The number of piperidine rings is 1. The number of nitrogens with one attached hydrogen (secondary N) is 1. The third kappa shape index (κ3) is 6.21. The third-order valence-electron chi connectivity index (χ3n) is 8.37. The van der Waals surface area contributed by atoms with Gasteiger partial charge in [-0.2, -0.15) is 9.40 Å². The molecule has 222 valence electrons. The maximum Gasteiger partial charge on any atom is 0.254 e. The van der Waals surface area contributed by atoms with Gasteiger partial charge in [0.1, 0.15) is 5.82 Å². The number of fused-ring (bicyclic) bond motifs is 1. The quantitative estimate of drug-likeness (QED) is 0.522. The summed E-state index contributed by atoms with van der Waals surface area (Å²) in [5, 5.41) is 8.16. The number of rotatable bonds is 7. The van der Waals surface area contributed by atoms with Crippen LogP contribution in [-0.4, -0.2) is 108 Å². The van der Waals surface area contributed by atoms with E-state index in [1.807, 2.05) is 37.6 Å². The zero-order chi connectivity index (χ0) is 29.5. The molecule has 13 heteroatoms. The van der Waals surface area contributed by atoms with Gasteiger partial charge in [-0.15, -0.1) is 0 Å². The van der Waals surface area contributed by atoms with Crippen LogP contribution in [0.2, 0.25) is 0 Å². The Morgan fingerprint density at radius 2 is 1.78 bits per heavy atom. The molecule has 2 aromatic rings. The topological polar surface area (TPSA) is 133 Å². The first-order valence-corrected chi connectivity index (χ1v) is 16.1. The van der Waals surface area contributed by atoms with Crippen LogP contribution in [0.25, 0.3) is 11.0 Å². The number of carbonyl (C=O) groups is 2. The summed E-state index contributed by atoms with van der Waals surface area (Å²) in [5.74, 6) is -0.254. The van der Waals surface area contributed by atoms with Crippen molar-refractivity contribution in [3.8, 4) is 0 Å². The molecule has 2 aromatic heterocycles. The Hall–Kier alpha value is -3.16. The van der Waals surface area contributed by atoms with E-state index in [9.17, 15) is 18.0 Å². The van der Waals surface area contributed by atoms with Crippen molar-refractivity contribution in [3.63, 3.8) is 0 Å². The molecule has 2 fully saturated rings. The van der Waals surface area contributed by atoms with Gasteiger partial charge in [-0.25, -0.2) is 23.1 Å². The van der Waals surface area contributed by atoms with Gasteiger partial charge in [0.25, 0.3) is 11.8 Å². The maximum absolute atomic E-state index is 13.5. The van der Waals surface area contributed by atoms with Crippen LogP contribution in [0.1, 0.15) is 56.9 Å². The van der Waals surface area contributed by atoms with E-state index in [0.29, 0.717) is 41.4 Å². The molecule has 1 N–H and O–H groups in total. The van der Waals surface area contributed by atoms with E-state index in [1.54, 1.807) is 17.4 Å². The summed E-state index contributed by atoms with van der Waals surface area (Å²) in [4.78, 5) is 39.6. The van der Waals surface area contributed by atoms with Crippen LogP contribution in [0.3, 0.4) is 0 Å². The monoisotopic (exact) mass is 584 g/mol. The Labute approximate surface area is 241 Å². The van der Waals surface area contributed by atoms with Gasteiger partial charge in [-0.05, 0) is 52.7 Å². The number of allylic oxidation sites excluding steroid dienone is 1. The van der Waals surface area contributed by atoms with Gasteiger partial charge in [0.2, 0.25) is 10.0 Å². The summed E-state index contributed by atoms with van der Waals surface area (Å²) in [6.45, 7) is 12.0. The average molecular weight is 585 g/mol. The minimum absolute atomic E-state index is 0.0660. The molecule has 3 aliphatic heterocycles. The number of hydrogen-bond donors (Lipinski definition) is 1. The summed E-state index contributed by atoms with van der Waals surface area (Å²) in [6, 6.07) is 2.29. The van der Waals surface area contributed by atoms with Gasteiger partial charge in [0.15, 0.2) is 5.65 Å². The maximum atomic E-state index is 13.5. The number of sulfonamides is 1. The van der Waals surface area contributed by atoms with Crippen molar-refractivity contribution in [3.05, 3.63) is 29.5 Å². The normalized spacial score (nSPS) is 21.9. The number of hydrogen-bond acceptors (Lipinski definition) is 8. The third-order valence-corrected chi connectivity index (χ3v) is 9.67. The molecule has 1 atom stereocenters. The van der Waals surface area contributed by atoms with Crippen LogP contribution in [0, 0.1) is 5.92 Å². The summed E-state index contributed by atoms with van der Waals surface area (Å²) < 4.78 is 27.2. The van der Waals surface area contributed by atoms with E-state index in [-0.39, 0.29) is 24.4 Å². The fourth-order valence-electron chi connectivity index (χ4n) is 6.04. The highest BCUT2D eigenvalue weighted by molar-refractivity contribution is 7.88. The van der Waals surface area contributed by atoms with Crippen molar-refractivity contribution in [1.29, 1.82) is 0 Å². The Kier molecular flexibility index (Phi) is 8.31. The van der Waals surface area contributed by atoms with Crippen molar-refractivity contribution in [2.75, 3.05) is 57.0 Å². The van der Waals surface area contributed by atoms with Crippen LogP contribution in [-0.2, 0) is 14.8 Å². The second kappa shape index (κ2) is 11.6. The van der Waals surface area contributed by atoms with Gasteiger partial charge in [-0.1, -0.05) is 5.57 Å². The molecule has 41 heavy (non-hydrogen) atoms. The minimum Gasteiger partial charge on any atom is -0.356 e. The summed E-state index contributed by atoms with van der Waals surface area (Å²) in [5.41, 5.74) is 2.71. The molecule has 12 nitrogen and oxygen atoms in total. The van der Waals surface area contributed by atoms with Crippen LogP contribution < -0.4 is 10.2 Å². The van der Waals surface area contributed by atoms with Crippen molar-refractivity contribution in [2.45, 2.75) is 52.6 Å². The van der Waals surface area contributed by atoms with E-state index < -0.39 is 15.9 Å². The molecular weight excluding hydrogens is 544 g/mol. The van der Waals surface area contributed by atoms with Crippen molar-refractivity contribution in [2.24, 2.45) is 10.9 Å². The fourth-order valence-corrected chi connectivity index (χ4v) is 6.87. The molecule has 0 spiro atoms. The first-order chi connectivity index (χ1) is 19.4. The van der Waals surface area contributed by atoms with Gasteiger partial charge in [-0.3, -0.25) is 14.5 Å². The molecule has 2 amide bonds. The van der Waals surface area contributed by atoms with Crippen molar-refractivity contribution < 1.29 is 18.0 Å². The Balaban J connectivity index is 1.31. The summed E-state index contributed by atoms with van der Waals surface area (Å²) in [6.07, 6.45) is 6.70. The number of anilines is 1. The molecule has 1 unspecified atom stereocenters. The SMILES string of the molecule is CC1=CC(C)=NC(=O)C1CNC(=O)c1cc(N2CCC(N3CCN(S(C)(=O)=O)CC3)CC2)nc2c1cnn2C(C)C. The second-order valence-corrected chi connectivity index (χ2v) is 13.6. The van der Waals surface area contributed by atoms with E-state index in [4.69, 9.17) is 4.98 Å². The Morgan fingerprint density at radius 1 is 1.10 bits per heavy atom. The van der Waals surface area contributed by atoms with Crippen LogP contribution >= 0.6 is 0 Å². The van der Waals surface area contributed by atoms with Gasteiger partial charge < -0.3 is 10.2 Å². The number of aliphatic imine (C=N–C) groups is 1. The van der Waals surface area contributed by atoms with Crippen molar-refractivity contribution in [1.82, 2.24) is 29.3 Å². The number of nitrogens with zero attached hydrogens (tertiary/aromatic N) is 7. The number of dihydropyridines is 1. The Morgan fingerprint density at radius 3 is 2.39 bits per heavy atom. The largest absolute Gasteiger partial charge is 0.356 e. The van der Waals surface area contributed by atoms with E-state index >= 15 is 0 Å². The van der Waals surface area contributed by atoms with Crippen molar-refractivity contribution >= 4 is 44.4 Å². The van der Waals surface area contributed by atoms with E-state index in [0.717, 1.165) is 50.4 Å². The molecule has 0 aromatic carbocycles. The van der Waals surface area contributed by atoms with Gasteiger partial charge in [0, 0.05) is 63.6 Å². The first-order valence-electron chi connectivity index (χ1n) is 14.3. The highest BCUT2D eigenvalue weighted by Crippen LogP contribution is 2.28. The lowest BCUT2D eigenvalue weighted by Crippen LogP contribution is -2.54. The molecule has 3 aliphatic rings. The molecule has 5 heterocycles. The number of carbonyl (C=O) groups excluding carboxylic acids is 2. The minimum atomic E-state index is -3.15. The molecule has 0 saturated carbocycles. The zero-order valence-corrected chi connectivity index (χ0v) is 25.3. The summed E-state index contributed by atoms with van der Waals surface area (Å²) >= 11 is 0. The molecular formula is C28H40N8O4S. The second-order valence-electron chi connectivity index (χ2n) is 11.6. The van der Waals surface area contributed by atoms with Gasteiger partial charge in [0.05, 0.1) is 29.3 Å². The number of pyridine rings is 1.